The maximum Gasteiger partial charge on any atom is 0.253 e. The summed E-state index contributed by atoms with van der Waals surface area (Å²) in [6.07, 6.45) is 3.94. The third-order valence-corrected chi connectivity index (χ3v) is 7.26. The van der Waals surface area contributed by atoms with Gasteiger partial charge in [-0.25, -0.2) is 0 Å². The fourth-order valence-electron chi connectivity index (χ4n) is 5.18. The lowest BCUT2D eigenvalue weighted by Crippen LogP contribution is -2.49. The number of anilines is 2. The second-order valence-electron chi connectivity index (χ2n) is 9.63. The van der Waals surface area contributed by atoms with Crippen LogP contribution in [-0.4, -0.2) is 61.6 Å². The van der Waals surface area contributed by atoms with Crippen LogP contribution < -0.4 is 9.64 Å². The molecule has 1 aliphatic heterocycles. The number of hydrogen-bond acceptors (Lipinski definition) is 4. The lowest BCUT2D eigenvalue weighted by molar-refractivity contribution is 0.0773. The molecule has 0 spiro atoms. The molecule has 1 amide bonds. The number of benzene rings is 2. The molecule has 0 bridgehead atoms. The first kappa shape index (κ1) is 23.6. The van der Waals surface area contributed by atoms with Gasteiger partial charge in [0, 0.05) is 61.8 Å². The highest BCUT2D eigenvalue weighted by atomic mass is 16.5. The second-order valence-corrected chi connectivity index (χ2v) is 9.63. The summed E-state index contributed by atoms with van der Waals surface area (Å²) in [5.41, 5.74) is 3.02. The number of piperidine rings is 1. The van der Waals surface area contributed by atoms with E-state index in [-0.39, 0.29) is 5.91 Å². The molecule has 1 saturated heterocycles. The van der Waals surface area contributed by atoms with Crippen LogP contribution in [0.1, 0.15) is 50.4 Å². The van der Waals surface area contributed by atoms with Gasteiger partial charge in [-0.1, -0.05) is 13.0 Å². The van der Waals surface area contributed by atoms with E-state index in [0.717, 1.165) is 61.2 Å². The first-order valence-electron chi connectivity index (χ1n) is 12.6. The van der Waals surface area contributed by atoms with Crippen LogP contribution in [0.3, 0.4) is 0 Å². The molecule has 5 nitrogen and oxygen atoms in total. The summed E-state index contributed by atoms with van der Waals surface area (Å²) in [5.74, 6) is 2.44. The summed E-state index contributed by atoms with van der Waals surface area (Å²) < 4.78 is 5.54. The maximum absolute atomic E-state index is 12.8. The highest BCUT2D eigenvalue weighted by Crippen LogP contribution is 2.37. The van der Waals surface area contributed by atoms with E-state index in [1.165, 1.54) is 19.4 Å². The molecule has 2 aromatic carbocycles. The minimum absolute atomic E-state index is 0.0984. The summed E-state index contributed by atoms with van der Waals surface area (Å²) in [6, 6.07) is 16.9. The van der Waals surface area contributed by atoms with Crippen LogP contribution in [0.25, 0.3) is 0 Å². The zero-order chi connectivity index (χ0) is 23.4. The Morgan fingerprint density at radius 1 is 1.03 bits per heavy atom. The van der Waals surface area contributed by atoms with Gasteiger partial charge in [0.15, 0.2) is 0 Å². The third kappa shape index (κ3) is 5.52. The molecule has 1 aliphatic carbocycles. The van der Waals surface area contributed by atoms with E-state index >= 15 is 0 Å². The van der Waals surface area contributed by atoms with Crippen molar-refractivity contribution in [1.82, 2.24) is 9.80 Å². The van der Waals surface area contributed by atoms with Crippen LogP contribution in [-0.2, 0) is 0 Å². The summed E-state index contributed by atoms with van der Waals surface area (Å²) in [6.45, 7) is 11.4. The Bertz CT molecular complexity index is 921. The molecule has 0 unspecified atom stereocenters. The summed E-state index contributed by atoms with van der Waals surface area (Å²) in [5, 5.41) is 0. The van der Waals surface area contributed by atoms with E-state index < -0.39 is 0 Å². The molecular formula is C28H39N3O2. The van der Waals surface area contributed by atoms with Crippen molar-refractivity contribution < 1.29 is 9.53 Å². The number of amides is 1. The van der Waals surface area contributed by atoms with Gasteiger partial charge in [0.05, 0.1) is 7.11 Å². The lowest BCUT2D eigenvalue weighted by atomic mass is 9.91. The van der Waals surface area contributed by atoms with Crippen molar-refractivity contribution in [2.24, 2.45) is 11.8 Å². The Hall–Kier alpha value is -2.53. The van der Waals surface area contributed by atoms with Gasteiger partial charge in [0.2, 0.25) is 0 Å². The van der Waals surface area contributed by atoms with Crippen LogP contribution in [0.4, 0.5) is 11.4 Å². The van der Waals surface area contributed by atoms with Crippen LogP contribution in [0.2, 0.25) is 0 Å². The van der Waals surface area contributed by atoms with Gasteiger partial charge in [-0.2, -0.15) is 0 Å². The van der Waals surface area contributed by atoms with Crippen molar-refractivity contribution in [3.8, 4) is 5.75 Å². The molecule has 0 aromatic heterocycles. The fraction of sp³-hybridized carbons (Fsp3) is 0.536. The van der Waals surface area contributed by atoms with E-state index in [9.17, 15) is 4.79 Å². The minimum Gasteiger partial charge on any atom is -0.497 e. The largest absolute Gasteiger partial charge is 0.497 e. The average Bonchev–Trinajstić information content (AvgIpc) is 3.66. The predicted octanol–water partition coefficient (Wildman–Crippen LogP) is 5.44. The van der Waals surface area contributed by atoms with Crippen LogP contribution in [0, 0.1) is 11.8 Å². The topological polar surface area (TPSA) is 36.0 Å². The maximum atomic E-state index is 12.8. The number of carbonyl (C=O) groups excluding carboxylic acids is 1. The van der Waals surface area contributed by atoms with E-state index in [1.807, 2.05) is 36.9 Å². The predicted molar refractivity (Wildman–Crippen MR) is 136 cm³/mol. The molecule has 1 heterocycles. The number of hydrogen-bond donors (Lipinski definition) is 0. The molecule has 0 N–H and O–H groups in total. The molecular weight excluding hydrogens is 410 g/mol. The number of rotatable bonds is 9. The average molecular weight is 450 g/mol. The normalized spacial score (nSPS) is 21.0. The lowest BCUT2D eigenvalue weighted by Gasteiger charge is -2.44. The first-order valence-corrected chi connectivity index (χ1v) is 12.6. The number of carbonyl (C=O) groups is 1. The third-order valence-electron chi connectivity index (χ3n) is 7.26. The van der Waals surface area contributed by atoms with Gasteiger partial charge in [-0.3, -0.25) is 4.79 Å². The number of nitrogens with zero attached hydrogens (tertiary/aromatic N) is 3. The Balaban J connectivity index is 1.61. The van der Waals surface area contributed by atoms with Gasteiger partial charge in [0.25, 0.3) is 5.91 Å². The summed E-state index contributed by atoms with van der Waals surface area (Å²) in [4.78, 5) is 19.8. The van der Waals surface area contributed by atoms with Crippen molar-refractivity contribution in [2.45, 2.75) is 46.1 Å². The van der Waals surface area contributed by atoms with Crippen LogP contribution >= 0.6 is 0 Å². The van der Waals surface area contributed by atoms with Gasteiger partial charge in [-0.15, -0.1) is 0 Å². The smallest absolute Gasteiger partial charge is 0.253 e. The number of likely N-dealkylation sites (tertiary alicyclic amines) is 1. The highest BCUT2D eigenvalue weighted by molar-refractivity contribution is 5.94. The van der Waals surface area contributed by atoms with Gasteiger partial charge in [-0.05, 0) is 81.3 Å². The number of ether oxygens (including phenoxy) is 1. The van der Waals surface area contributed by atoms with Crippen LogP contribution in [0.15, 0.2) is 48.5 Å². The fourth-order valence-corrected chi connectivity index (χ4v) is 5.18. The number of methoxy groups -OCH3 is 1. The molecule has 2 aromatic rings. The van der Waals surface area contributed by atoms with Gasteiger partial charge < -0.3 is 19.4 Å². The van der Waals surface area contributed by atoms with E-state index in [2.05, 4.69) is 47.1 Å². The van der Waals surface area contributed by atoms with Crippen molar-refractivity contribution in [3.05, 3.63) is 54.1 Å². The Kier molecular flexibility index (Phi) is 7.59. The molecule has 2 atom stereocenters. The molecule has 5 heteroatoms. The molecule has 0 radical (unpaired) electrons. The zero-order valence-corrected chi connectivity index (χ0v) is 20.7. The van der Waals surface area contributed by atoms with Crippen molar-refractivity contribution in [3.63, 3.8) is 0 Å². The molecule has 4 rings (SSSR count). The molecule has 33 heavy (non-hydrogen) atoms. The van der Waals surface area contributed by atoms with Crippen LogP contribution in [0.5, 0.6) is 5.75 Å². The zero-order valence-electron chi connectivity index (χ0n) is 20.7. The van der Waals surface area contributed by atoms with Gasteiger partial charge in [0.1, 0.15) is 5.75 Å². The highest BCUT2D eigenvalue weighted by Gasteiger charge is 2.34. The summed E-state index contributed by atoms with van der Waals surface area (Å²) >= 11 is 0. The first-order chi connectivity index (χ1) is 16.0. The van der Waals surface area contributed by atoms with E-state index in [1.54, 1.807) is 7.11 Å². The monoisotopic (exact) mass is 449 g/mol. The SMILES string of the molecule is CCN(CC)C(=O)c1ccc(N(c2cccc(OC)c2)[C@H]2CCN(CC3CC3)C[C@@H]2C)cc1. The summed E-state index contributed by atoms with van der Waals surface area (Å²) in [7, 11) is 1.72. The molecule has 2 fully saturated rings. The van der Waals surface area contributed by atoms with E-state index in [0.29, 0.717) is 12.0 Å². The Morgan fingerprint density at radius 3 is 2.36 bits per heavy atom. The van der Waals surface area contributed by atoms with Crippen molar-refractivity contribution in [2.75, 3.05) is 44.7 Å². The quantitative estimate of drug-likeness (QED) is 0.511. The molecule has 2 aliphatic rings. The van der Waals surface area contributed by atoms with E-state index in [4.69, 9.17) is 4.74 Å². The standard InChI is InChI=1S/C28H39N3O2/c1-5-30(6-2)28(32)23-12-14-24(15-13-23)31(25-8-7-9-26(18-25)33-4)27-16-17-29(19-21(27)3)20-22-10-11-22/h7-9,12-15,18,21-22,27H,5-6,10-11,16-17,19-20H2,1-4H3/t21-,27-/m0/s1. The van der Waals surface area contributed by atoms with Crippen molar-refractivity contribution in [1.29, 1.82) is 0 Å². The minimum atomic E-state index is 0.0984. The second kappa shape index (κ2) is 10.6. The van der Waals surface area contributed by atoms with Gasteiger partial charge >= 0.3 is 0 Å². The molecule has 178 valence electrons. The molecule has 1 saturated carbocycles. The van der Waals surface area contributed by atoms with Crippen molar-refractivity contribution >= 4 is 17.3 Å². The Labute approximate surface area is 199 Å². The Morgan fingerprint density at radius 2 is 1.76 bits per heavy atom.